The summed E-state index contributed by atoms with van der Waals surface area (Å²) < 4.78 is 1.15. The zero-order valence-corrected chi connectivity index (χ0v) is 10.5. The van der Waals surface area contributed by atoms with Gasteiger partial charge in [0.2, 0.25) is 0 Å². The van der Waals surface area contributed by atoms with E-state index in [2.05, 4.69) is 10.3 Å². The van der Waals surface area contributed by atoms with Crippen LogP contribution in [0.4, 0.5) is 5.82 Å². The van der Waals surface area contributed by atoms with E-state index < -0.39 is 11.4 Å². The van der Waals surface area contributed by atoms with Crippen LogP contribution in [0.1, 0.15) is 13.8 Å². The van der Waals surface area contributed by atoms with E-state index >= 15 is 0 Å². The average Bonchev–Trinajstić information content (AvgIpc) is 2.74. The number of rotatable bonds is 4. The highest BCUT2D eigenvalue weighted by Crippen LogP contribution is 2.26. The SMILES string of the molecule is CC(C)(CNc1nccc2sccc12)C(=O)O. The van der Waals surface area contributed by atoms with E-state index in [4.69, 9.17) is 5.11 Å². The van der Waals surface area contributed by atoms with Gasteiger partial charge >= 0.3 is 5.97 Å². The van der Waals surface area contributed by atoms with E-state index in [-0.39, 0.29) is 0 Å². The van der Waals surface area contributed by atoms with Crippen molar-refractivity contribution in [1.29, 1.82) is 0 Å². The number of carbonyl (C=O) groups is 1. The maximum Gasteiger partial charge on any atom is 0.310 e. The number of anilines is 1. The van der Waals surface area contributed by atoms with Crippen LogP contribution in [0.25, 0.3) is 10.1 Å². The van der Waals surface area contributed by atoms with Crippen LogP contribution in [0.15, 0.2) is 23.7 Å². The quantitative estimate of drug-likeness (QED) is 0.876. The Hall–Kier alpha value is -1.62. The lowest BCUT2D eigenvalue weighted by molar-refractivity contribution is -0.146. The van der Waals surface area contributed by atoms with E-state index in [9.17, 15) is 4.79 Å². The summed E-state index contributed by atoms with van der Waals surface area (Å²) in [5, 5.41) is 15.2. The minimum absolute atomic E-state index is 0.351. The average molecular weight is 250 g/mol. The van der Waals surface area contributed by atoms with Crippen LogP contribution >= 0.6 is 11.3 Å². The molecule has 0 bridgehead atoms. The van der Waals surface area contributed by atoms with Gasteiger partial charge in [-0.25, -0.2) is 4.98 Å². The molecular formula is C12H14N2O2S. The third-order valence-electron chi connectivity index (χ3n) is 2.66. The fourth-order valence-electron chi connectivity index (χ4n) is 1.42. The highest BCUT2D eigenvalue weighted by Gasteiger charge is 2.27. The zero-order valence-electron chi connectivity index (χ0n) is 9.73. The van der Waals surface area contributed by atoms with Crippen LogP contribution in [0.2, 0.25) is 0 Å². The molecular weight excluding hydrogens is 236 g/mol. The first-order chi connectivity index (χ1) is 8.00. The summed E-state index contributed by atoms with van der Waals surface area (Å²) in [5.41, 5.74) is -0.806. The van der Waals surface area contributed by atoms with E-state index in [1.54, 1.807) is 31.4 Å². The molecule has 2 aromatic rings. The van der Waals surface area contributed by atoms with Crippen molar-refractivity contribution < 1.29 is 9.90 Å². The normalized spacial score (nSPS) is 11.6. The van der Waals surface area contributed by atoms with E-state index in [0.717, 1.165) is 15.9 Å². The molecule has 0 aliphatic carbocycles. The van der Waals surface area contributed by atoms with Crippen LogP contribution in [0.3, 0.4) is 0 Å². The molecule has 0 saturated carbocycles. The van der Waals surface area contributed by atoms with E-state index in [0.29, 0.717) is 6.54 Å². The van der Waals surface area contributed by atoms with Crippen molar-refractivity contribution in [2.24, 2.45) is 5.41 Å². The lowest BCUT2D eigenvalue weighted by atomic mass is 9.94. The van der Waals surface area contributed by atoms with Gasteiger partial charge in [0, 0.05) is 22.8 Å². The number of hydrogen-bond acceptors (Lipinski definition) is 4. The van der Waals surface area contributed by atoms with Crippen LogP contribution in [-0.4, -0.2) is 22.6 Å². The zero-order chi connectivity index (χ0) is 12.5. The standard InChI is InChI=1S/C12H14N2O2S/c1-12(2,11(15)16)7-14-10-8-4-6-17-9(8)3-5-13-10/h3-6H,7H2,1-2H3,(H,13,14)(H,15,16). The van der Waals surface area contributed by atoms with Crippen molar-refractivity contribution in [2.75, 3.05) is 11.9 Å². The smallest absolute Gasteiger partial charge is 0.310 e. The Morgan fingerprint density at radius 1 is 1.53 bits per heavy atom. The third-order valence-corrected chi connectivity index (χ3v) is 3.54. The van der Waals surface area contributed by atoms with E-state index in [1.165, 1.54) is 0 Å². The number of nitrogens with zero attached hydrogens (tertiary/aromatic N) is 1. The minimum atomic E-state index is -0.817. The van der Waals surface area contributed by atoms with Crippen molar-refractivity contribution >= 4 is 33.2 Å². The van der Waals surface area contributed by atoms with Crippen molar-refractivity contribution in [3.05, 3.63) is 23.7 Å². The van der Waals surface area contributed by atoms with Gasteiger partial charge in [-0.3, -0.25) is 4.79 Å². The number of aliphatic carboxylic acids is 1. The van der Waals surface area contributed by atoms with Gasteiger partial charge in [-0.05, 0) is 31.4 Å². The number of aromatic nitrogens is 1. The van der Waals surface area contributed by atoms with Gasteiger partial charge in [-0.2, -0.15) is 0 Å². The Morgan fingerprint density at radius 2 is 2.29 bits per heavy atom. The number of hydrogen-bond donors (Lipinski definition) is 2. The van der Waals surface area contributed by atoms with Gasteiger partial charge in [0.25, 0.3) is 0 Å². The van der Waals surface area contributed by atoms with Gasteiger partial charge in [0.15, 0.2) is 0 Å². The first kappa shape index (κ1) is 11.9. The van der Waals surface area contributed by atoms with Crippen molar-refractivity contribution in [3.8, 4) is 0 Å². The second-order valence-electron chi connectivity index (χ2n) is 4.53. The maximum absolute atomic E-state index is 11.0. The molecule has 0 radical (unpaired) electrons. The molecule has 0 aliphatic rings. The molecule has 0 amide bonds. The molecule has 4 nitrogen and oxygen atoms in total. The molecule has 0 saturated heterocycles. The largest absolute Gasteiger partial charge is 0.481 e. The molecule has 2 rings (SSSR count). The van der Waals surface area contributed by atoms with Crippen LogP contribution < -0.4 is 5.32 Å². The summed E-state index contributed by atoms with van der Waals surface area (Å²) in [6.07, 6.45) is 1.73. The molecule has 17 heavy (non-hydrogen) atoms. The van der Waals surface area contributed by atoms with Crippen LogP contribution in [0.5, 0.6) is 0 Å². The molecule has 90 valence electrons. The van der Waals surface area contributed by atoms with Crippen molar-refractivity contribution in [3.63, 3.8) is 0 Å². The van der Waals surface area contributed by atoms with E-state index in [1.807, 2.05) is 17.5 Å². The minimum Gasteiger partial charge on any atom is -0.481 e. The highest BCUT2D eigenvalue weighted by atomic mass is 32.1. The Balaban J connectivity index is 2.19. The predicted octanol–water partition coefficient (Wildman–Crippen LogP) is 2.82. The maximum atomic E-state index is 11.0. The van der Waals surface area contributed by atoms with Gasteiger partial charge in [-0.1, -0.05) is 0 Å². The highest BCUT2D eigenvalue weighted by molar-refractivity contribution is 7.17. The molecule has 0 aliphatic heterocycles. The first-order valence-electron chi connectivity index (χ1n) is 5.30. The summed E-state index contributed by atoms with van der Waals surface area (Å²) in [7, 11) is 0. The second-order valence-corrected chi connectivity index (χ2v) is 5.48. The number of carboxylic acid groups (broad SMARTS) is 1. The lowest BCUT2D eigenvalue weighted by Gasteiger charge is -2.20. The number of pyridine rings is 1. The number of carboxylic acids is 1. The molecule has 2 N–H and O–H groups in total. The summed E-state index contributed by atoms with van der Waals surface area (Å²) >= 11 is 1.64. The van der Waals surface area contributed by atoms with Gasteiger partial charge in [0.05, 0.1) is 5.41 Å². The third kappa shape index (κ3) is 2.39. The second kappa shape index (κ2) is 4.33. The molecule has 0 spiro atoms. The first-order valence-corrected chi connectivity index (χ1v) is 6.18. The van der Waals surface area contributed by atoms with Crippen LogP contribution in [0, 0.1) is 5.41 Å². The van der Waals surface area contributed by atoms with Crippen molar-refractivity contribution in [2.45, 2.75) is 13.8 Å². The Labute approximate surface area is 103 Å². The topological polar surface area (TPSA) is 62.2 Å². The molecule has 5 heteroatoms. The fraction of sp³-hybridized carbons (Fsp3) is 0.333. The fourth-order valence-corrected chi connectivity index (χ4v) is 2.20. The number of nitrogens with one attached hydrogen (secondary N) is 1. The van der Waals surface area contributed by atoms with Crippen LogP contribution in [-0.2, 0) is 4.79 Å². The Bertz CT molecular complexity index is 548. The number of thiophene rings is 1. The van der Waals surface area contributed by atoms with Gasteiger partial charge < -0.3 is 10.4 Å². The van der Waals surface area contributed by atoms with Gasteiger partial charge in [0.1, 0.15) is 5.82 Å². The molecule has 0 unspecified atom stereocenters. The molecule has 0 atom stereocenters. The molecule has 0 aromatic carbocycles. The summed E-state index contributed by atoms with van der Waals surface area (Å²) in [6.45, 7) is 3.73. The summed E-state index contributed by atoms with van der Waals surface area (Å²) in [6, 6.07) is 3.94. The summed E-state index contributed by atoms with van der Waals surface area (Å²) in [4.78, 5) is 15.2. The number of fused-ring (bicyclic) bond motifs is 1. The Morgan fingerprint density at radius 3 is 3.00 bits per heavy atom. The lowest BCUT2D eigenvalue weighted by Crippen LogP contribution is -2.32. The molecule has 2 heterocycles. The monoisotopic (exact) mass is 250 g/mol. The molecule has 2 aromatic heterocycles. The molecule has 0 fully saturated rings. The predicted molar refractivity (Wildman–Crippen MR) is 69.5 cm³/mol. The van der Waals surface area contributed by atoms with Gasteiger partial charge in [-0.15, -0.1) is 11.3 Å². The van der Waals surface area contributed by atoms with Crippen molar-refractivity contribution in [1.82, 2.24) is 4.98 Å². The summed E-state index contributed by atoms with van der Waals surface area (Å²) in [5.74, 6) is -0.0689. The Kier molecular flexibility index (Phi) is 3.02.